The van der Waals surface area contributed by atoms with Gasteiger partial charge in [-0.05, 0) is 12.1 Å². The highest BCUT2D eigenvalue weighted by atomic mass is 16.3. The van der Waals surface area contributed by atoms with Crippen LogP contribution in [0.3, 0.4) is 0 Å². The van der Waals surface area contributed by atoms with Crippen LogP contribution in [-0.2, 0) is 11.3 Å². The summed E-state index contributed by atoms with van der Waals surface area (Å²) < 4.78 is 0. The van der Waals surface area contributed by atoms with Crippen molar-refractivity contribution < 1.29 is 19.7 Å². The molecule has 6 heteroatoms. The van der Waals surface area contributed by atoms with E-state index in [4.69, 9.17) is 0 Å². The average Bonchev–Trinajstić information content (AvgIpc) is 3.16. The lowest BCUT2D eigenvalue weighted by Gasteiger charge is -2.33. The predicted molar refractivity (Wildman–Crippen MR) is 113 cm³/mol. The number of nitrogens with one attached hydrogen (secondary N) is 3. The summed E-state index contributed by atoms with van der Waals surface area (Å²) in [6.07, 6.45) is 1.06. The fourth-order valence-electron chi connectivity index (χ4n) is 4.58. The van der Waals surface area contributed by atoms with Crippen molar-refractivity contribution in [1.82, 2.24) is 5.32 Å². The Morgan fingerprint density at radius 1 is 1.00 bits per heavy atom. The van der Waals surface area contributed by atoms with Gasteiger partial charge in [0.15, 0.2) is 6.54 Å². The lowest BCUT2D eigenvalue weighted by molar-refractivity contribution is -0.901. The molecule has 2 fully saturated rings. The molecule has 6 nitrogen and oxygen atoms in total. The van der Waals surface area contributed by atoms with Crippen LogP contribution in [0.25, 0.3) is 0 Å². The molecule has 4 rings (SSSR count). The number of rotatable bonds is 6. The summed E-state index contributed by atoms with van der Waals surface area (Å²) in [6.45, 7) is 7.25. The Labute approximate surface area is 172 Å². The highest BCUT2D eigenvalue weighted by molar-refractivity contribution is 5.77. The Balaban J connectivity index is 1.19. The molecule has 2 aromatic rings. The molecule has 0 radical (unpaired) electrons. The Morgan fingerprint density at radius 3 is 2.48 bits per heavy atom. The first-order valence-corrected chi connectivity index (χ1v) is 10.7. The second-order valence-corrected chi connectivity index (χ2v) is 8.32. The van der Waals surface area contributed by atoms with Crippen LogP contribution in [0.2, 0.25) is 0 Å². The third-order valence-electron chi connectivity index (χ3n) is 6.15. The number of hydrogen-bond acceptors (Lipinski definition) is 3. The normalized spacial score (nSPS) is 22.6. The second-order valence-electron chi connectivity index (χ2n) is 8.32. The van der Waals surface area contributed by atoms with E-state index in [1.807, 2.05) is 18.2 Å². The zero-order valence-corrected chi connectivity index (χ0v) is 16.9. The van der Waals surface area contributed by atoms with Crippen LogP contribution in [0.5, 0.6) is 5.75 Å². The van der Waals surface area contributed by atoms with Crippen molar-refractivity contribution in [1.29, 1.82) is 0 Å². The monoisotopic (exact) mass is 396 g/mol. The molecule has 0 bridgehead atoms. The zero-order chi connectivity index (χ0) is 20.1. The fraction of sp³-hybridized carbons (Fsp3) is 0.435. The number of nitrogens with zero attached hydrogens (tertiary/aromatic N) is 1. The molecular weight excluding hydrogens is 364 g/mol. The number of quaternary nitrogens is 2. The van der Waals surface area contributed by atoms with Crippen molar-refractivity contribution in [3.8, 4) is 5.75 Å². The van der Waals surface area contributed by atoms with Crippen LogP contribution in [0.1, 0.15) is 12.0 Å². The molecule has 4 N–H and O–H groups in total. The predicted octanol–water partition coefficient (Wildman–Crippen LogP) is -0.929. The number of carbonyl (C=O) groups is 1. The van der Waals surface area contributed by atoms with Crippen molar-refractivity contribution in [2.24, 2.45) is 0 Å². The minimum absolute atomic E-state index is 0.168. The molecule has 0 aromatic heterocycles. The maximum Gasteiger partial charge on any atom is 0.275 e. The maximum atomic E-state index is 12.5. The Kier molecular flexibility index (Phi) is 6.32. The maximum absolute atomic E-state index is 12.5. The van der Waals surface area contributed by atoms with Crippen LogP contribution in [0.15, 0.2) is 54.6 Å². The molecule has 0 spiro atoms. The highest BCUT2D eigenvalue weighted by Gasteiger charge is 2.29. The van der Waals surface area contributed by atoms with E-state index in [2.05, 4.69) is 40.5 Å². The Hall–Kier alpha value is -2.57. The van der Waals surface area contributed by atoms with Gasteiger partial charge >= 0.3 is 0 Å². The Bertz CT molecular complexity index is 806. The summed E-state index contributed by atoms with van der Waals surface area (Å²) >= 11 is 0. The van der Waals surface area contributed by atoms with E-state index in [-0.39, 0.29) is 5.91 Å². The molecule has 2 aliphatic heterocycles. The minimum Gasteiger partial charge on any atom is -0.506 e. The van der Waals surface area contributed by atoms with E-state index < -0.39 is 0 Å². The largest absolute Gasteiger partial charge is 0.506 e. The summed E-state index contributed by atoms with van der Waals surface area (Å²) in [5.74, 6) is 0.499. The molecule has 2 saturated heterocycles. The molecule has 1 amide bonds. The SMILES string of the molecule is O=C(C[NH+]1CCN(c2ccccc2O)CC1)N[C@H]1CC[NH+](Cc2ccccc2)C1. The van der Waals surface area contributed by atoms with E-state index in [0.717, 1.165) is 57.9 Å². The number of anilines is 1. The minimum atomic E-state index is 0.168. The van der Waals surface area contributed by atoms with Crippen LogP contribution in [-0.4, -0.2) is 62.9 Å². The number of carbonyl (C=O) groups excluding carboxylic acids is 1. The lowest BCUT2D eigenvalue weighted by atomic mass is 10.2. The van der Waals surface area contributed by atoms with Gasteiger partial charge in [-0.2, -0.15) is 0 Å². The fourth-order valence-corrected chi connectivity index (χ4v) is 4.58. The number of piperazine rings is 1. The topological polar surface area (TPSA) is 61.5 Å². The molecule has 2 atom stereocenters. The number of amides is 1. The van der Waals surface area contributed by atoms with Crippen molar-refractivity contribution >= 4 is 11.6 Å². The average molecular weight is 397 g/mol. The first-order chi connectivity index (χ1) is 14.2. The summed E-state index contributed by atoms with van der Waals surface area (Å²) in [7, 11) is 0. The van der Waals surface area contributed by atoms with Crippen LogP contribution in [0, 0.1) is 0 Å². The van der Waals surface area contributed by atoms with Gasteiger partial charge in [-0.3, -0.25) is 4.79 Å². The molecule has 154 valence electrons. The summed E-state index contributed by atoms with van der Waals surface area (Å²) in [5, 5.41) is 13.3. The van der Waals surface area contributed by atoms with Gasteiger partial charge in [0.1, 0.15) is 12.3 Å². The van der Waals surface area contributed by atoms with E-state index in [1.54, 1.807) is 11.0 Å². The van der Waals surface area contributed by atoms with Crippen molar-refractivity contribution in [3.05, 3.63) is 60.2 Å². The molecule has 0 aliphatic carbocycles. The Morgan fingerprint density at radius 2 is 1.72 bits per heavy atom. The van der Waals surface area contributed by atoms with Crippen molar-refractivity contribution in [2.75, 3.05) is 50.7 Å². The molecule has 29 heavy (non-hydrogen) atoms. The lowest BCUT2D eigenvalue weighted by Crippen LogP contribution is -3.16. The smallest absolute Gasteiger partial charge is 0.275 e. The van der Waals surface area contributed by atoms with Crippen LogP contribution in [0.4, 0.5) is 5.69 Å². The van der Waals surface area contributed by atoms with Gasteiger partial charge in [-0.15, -0.1) is 0 Å². The van der Waals surface area contributed by atoms with E-state index in [9.17, 15) is 9.90 Å². The zero-order valence-electron chi connectivity index (χ0n) is 16.9. The van der Waals surface area contributed by atoms with Crippen LogP contribution < -0.4 is 20.0 Å². The molecule has 2 aromatic carbocycles. The molecule has 1 unspecified atom stereocenters. The number of likely N-dealkylation sites (tertiary alicyclic amines) is 1. The number of para-hydroxylation sites is 2. The summed E-state index contributed by atoms with van der Waals surface area (Å²) in [4.78, 5) is 17.6. The highest BCUT2D eigenvalue weighted by Crippen LogP contribution is 2.25. The summed E-state index contributed by atoms with van der Waals surface area (Å²) in [5.41, 5.74) is 2.25. The standard InChI is InChI=1S/C23H30N4O2/c28-22-9-5-4-8-21(22)27-14-12-25(13-15-27)18-23(29)24-20-10-11-26(17-20)16-19-6-2-1-3-7-19/h1-9,20,28H,10-18H2,(H,24,29)/p+2/t20-/m0/s1. The molecule has 2 aliphatic rings. The van der Waals surface area contributed by atoms with Gasteiger partial charge in [0.25, 0.3) is 5.91 Å². The first kappa shape index (κ1) is 19.7. The second kappa shape index (κ2) is 9.29. The van der Waals surface area contributed by atoms with Crippen LogP contribution >= 0.6 is 0 Å². The van der Waals surface area contributed by atoms with Gasteiger partial charge in [-0.1, -0.05) is 42.5 Å². The quantitative estimate of drug-likeness (QED) is 0.510. The summed E-state index contributed by atoms with van der Waals surface area (Å²) in [6, 6.07) is 18.4. The van der Waals surface area contributed by atoms with Crippen molar-refractivity contribution in [2.45, 2.75) is 19.0 Å². The first-order valence-electron chi connectivity index (χ1n) is 10.7. The van der Waals surface area contributed by atoms with E-state index in [1.165, 1.54) is 10.5 Å². The number of phenols is 1. The van der Waals surface area contributed by atoms with Gasteiger partial charge in [0, 0.05) is 12.0 Å². The van der Waals surface area contributed by atoms with E-state index >= 15 is 0 Å². The number of benzene rings is 2. The third kappa shape index (κ3) is 5.28. The number of phenolic OH excluding ortho intramolecular Hbond substituents is 1. The van der Waals surface area contributed by atoms with Gasteiger partial charge < -0.3 is 25.1 Å². The van der Waals surface area contributed by atoms with Crippen molar-refractivity contribution in [3.63, 3.8) is 0 Å². The van der Waals surface area contributed by atoms with Gasteiger partial charge in [0.2, 0.25) is 0 Å². The number of hydrogen-bond donors (Lipinski definition) is 4. The number of aromatic hydroxyl groups is 1. The molecular formula is C23H32N4O2+2. The van der Waals surface area contributed by atoms with Gasteiger partial charge in [-0.25, -0.2) is 0 Å². The molecule has 0 saturated carbocycles. The third-order valence-corrected chi connectivity index (χ3v) is 6.15. The molecule has 2 heterocycles. The van der Waals surface area contributed by atoms with E-state index in [0.29, 0.717) is 18.3 Å². The van der Waals surface area contributed by atoms with Gasteiger partial charge in [0.05, 0.1) is 51.0 Å².